The minimum atomic E-state index is 0.0354. The summed E-state index contributed by atoms with van der Waals surface area (Å²) in [5.41, 5.74) is 5.47. The lowest BCUT2D eigenvalue weighted by atomic mass is 10.3. The Morgan fingerprint density at radius 2 is 2.00 bits per heavy atom. The maximum absolute atomic E-state index is 5.90. The zero-order valence-electron chi connectivity index (χ0n) is 11.6. The first-order chi connectivity index (χ1) is 11.2. The van der Waals surface area contributed by atoms with Crippen LogP contribution in [0.5, 0.6) is 11.5 Å². The van der Waals surface area contributed by atoms with Crippen LogP contribution in [0.2, 0.25) is 5.02 Å². The number of halogens is 1. The second-order valence-electron chi connectivity index (χ2n) is 4.67. The van der Waals surface area contributed by atoms with Crippen molar-refractivity contribution in [2.75, 3.05) is 5.73 Å². The lowest BCUT2D eigenvalue weighted by molar-refractivity contribution is 0.437. The van der Waals surface area contributed by atoms with Gasteiger partial charge in [0.2, 0.25) is 5.82 Å². The molecule has 4 aromatic rings. The van der Waals surface area contributed by atoms with Crippen LogP contribution in [0.15, 0.2) is 47.2 Å². The highest BCUT2D eigenvalue weighted by Crippen LogP contribution is 2.38. The van der Waals surface area contributed by atoms with Crippen LogP contribution in [-0.2, 0) is 0 Å². The van der Waals surface area contributed by atoms with Gasteiger partial charge in [-0.15, -0.1) is 11.3 Å². The molecule has 0 fully saturated rings. The molecule has 0 amide bonds. The van der Waals surface area contributed by atoms with Crippen molar-refractivity contribution in [1.82, 2.24) is 15.1 Å². The van der Waals surface area contributed by atoms with Crippen LogP contribution in [-0.4, -0.2) is 15.1 Å². The highest BCUT2D eigenvalue weighted by atomic mass is 35.5. The summed E-state index contributed by atoms with van der Waals surface area (Å²) in [5.74, 6) is 1.77. The maximum Gasteiger partial charge on any atom is 0.319 e. The topological polar surface area (TPSA) is 87.1 Å². The molecule has 0 saturated carbocycles. The van der Waals surface area contributed by atoms with Crippen LogP contribution in [0.25, 0.3) is 20.8 Å². The van der Waals surface area contributed by atoms with Gasteiger partial charge in [-0.1, -0.05) is 16.8 Å². The average Bonchev–Trinajstić information content (AvgIpc) is 3.16. The molecule has 6 nitrogen and oxygen atoms in total. The molecule has 0 aliphatic rings. The van der Waals surface area contributed by atoms with Gasteiger partial charge in [-0.2, -0.15) is 4.98 Å². The van der Waals surface area contributed by atoms with Gasteiger partial charge >= 0.3 is 6.01 Å². The van der Waals surface area contributed by atoms with Crippen molar-refractivity contribution in [2.24, 2.45) is 0 Å². The van der Waals surface area contributed by atoms with E-state index in [2.05, 4.69) is 15.1 Å². The smallest absolute Gasteiger partial charge is 0.319 e. The molecule has 0 bridgehead atoms. The molecule has 0 saturated heterocycles. The van der Waals surface area contributed by atoms with Crippen LogP contribution < -0.4 is 10.5 Å². The summed E-state index contributed by atoms with van der Waals surface area (Å²) in [4.78, 5) is 9.07. The van der Waals surface area contributed by atoms with Gasteiger partial charge in [-0.25, -0.2) is 0 Å². The van der Waals surface area contributed by atoms with E-state index in [1.807, 2.05) is 6.07 Å². The van der Waals surface area contributed by atoms with E-state index in [4.69, 9.17) is 26.6 Å². The van der Waals surface area contributed by atoms with E-state index in [9.17, 15) is 0 Å². The minimum Gasteiger partial charge on any atom is -0.455 e. The normalized spacial score (nSPS) is 11.0. The third-order valence-corrected chi connectivity index (χ3v) is 4.43. The van der Waals surface area contributed by atoms with Crippen LogP contribution in [0, 0.1) is 0 Å². The van der Waals surface area contributed by atoms with Crippen molar-refractivity contribution in [3.8, 4) is 22.2 Å². The van der Waals surface area contributed by atoms with Crippen molar-refractivity contribution in [3.05, 3.63) is 47.7 Å². The number of pyridine rings is 1. The number of hydrogen-bond acceptors (Lipinski definition) is 7. The number of aromatic nitrogens is 3. The first-order valence-corrected chi connectivity index (χ1v) is 7.79. The number of thiophene rings is 1. The third-order valence-electron chi connectivity index (χ3n) is 3.11. The quantitative estimate of drug-likeness (QED) is 0.593. The molecule has 23 heavy (non-hydrogen) atoms. The van der Waals surface area contributed by atoms with Gasteiger partial charge in [0, 0.05) is 16.6 Å². The summed E-state index contributed by atoms with van der Waals surface area (Å²) in [6, 6.07) is 9.10. The molecule has 8 heteroatoms. The van der Waals surface area contributed by atoms with E-state index in [0.717, 1.165) is 15.0 Å². The zero-order chi connectivity index (χ0) is 15.8. The van der Waals surface area contributed by atoms with Gasteiger partial charge in [-0.05, 0) is 30.3 Å². The summed E-state index contributed by atoms with van der Waals surface area (Å²) in [6.07, 6.45) is 3.43. The zero-order valence-corrected chi connectivity index (χ0v) is 13.1. The molecule has 0 atom stereocenters. The number of nitrogens with zero attached hydrogens (tertiary/aromatic N) is 3. The Morgan fingerprint density at radius 3 is 2.74 bits per heavy atom. The first kappa shape index (κ1) is 14.0. The fourth-order valence-electron chi connectivity index (χ4n) is 2.09. The molecular formula is C15H9ClN4O2S. The van der Waals surface area contributed by atoms with Crippen LogP contribution >= 0.6 is 22.9 Å². The molecule has 3 aromatic heterocycles. The van der Waals surface area contributed by atoms with E-state index in [-0.39, 0.29) is 6.01 Å². The van der Waals surface area contributed by atoms with Gasteiger partial charge in [-0.3, -0.25) is 4.98 Å². The monoisotopic (exact) mass is 344 g/mol. The number of fused-ring (bicyclic) bond motifs is 1. The van der Waals surface area contributed by atoms with E-state index in [0.29, 0.717) is 22.3 Å². The van der Waals surface area contributed by atoms with E-state index in [1.54, 1.807) is 36.7 Å². The SMILES string of the molecule is Nc1nc(-c2cc3c(Oc4ccc(Cl)cc4)cncc3s2)no1. The van der Waals surface area contributed by atoms with Crippen molar-refractivity contribution in [1.29, 1.82) is 0 Å². The van der Waals surface area contributed by atoms with E-state index >= 15 is 0 Å². The van der Waals surface area contributed by atoms with Crippen LogP contribution in [0.3, 0.4) is 0 Å². The Kier molecular flexibility index (Phi) is 3.36. The molecule has 2 N–H and O–H groups in total. The Balaban J connectivity index is 1.75. The second kappa shape index (κ2) is 5.53. The molecule has 4 rings (SSSR count). The highest BCUT2D eigenvalue weighted by Gasteiger charge is 2.14. The second-order valence-corrected chi connectivity index (χ2v) is 6.19. The number of anilines is 1. The molecule has 0 radical (unpaired) electrons. The van der Waals surface area contributed by atoms with Crippen LogP contribution in [0.1, 0.15) is 0 Å². The number of hydrogen-bond donors (Lipinski definition) is 1. The number of rotatable bonds is 3. The molecule has 0 aliphatic heterocycles. The molecular weight excluding hydrogens is 336 g/mol. The molecule has 0 aliphatic carbocycles. The number of ether oxygens (including phenoxy) is 1. The number of benzene rings is 1. The largest absolute Gasteiger partial charge is 0.455 e. The number of nitrogen functional groups attached to an aromatic ring is 1. The molecule has 3 heterocycles. The van der Waals surface area contributed by atoms with Gasteiger partial charge in [0.05, 0.1) is 15.8 Å². The van der Waals surface area contributed by atoms with Crippen LogP contribution in [0.4, 0.5) is 6.01 Å². The summed E-state index contributed by atoms with van der Waals surface area (Å²) in [5, 5.41) is 5.40. The summed E-state index contributed by atoms with van der Waals surface area (Å²) < 4.78 is 11.7. The van der Waals surface area contributed by atoms with Crippen molar-refractivity contribution in [2.45, 2.75) is 0 Å². The minimum absolute atomic E-state index is 0.0354. The van der Waals surface area contributed by atoms with Gasteiger partial charge in [0.15, 0.2) is 5.75 Å². The Labute approximate surface area is 139 Å². The van der Waals surface area contributed by atoms with Gasteiger partial charge in [0.1, 0.15) is 5.75 Å². The predicted octanol–water partition coefficient (Wildman–Crippen LogP) is 4.37. The molecule has 0 spiro atoms. The summed E-state index contributed by atoms with van der Waals surface area (Å²) >= 11 is 7.37. The molecule has 114 valence electrons. The average molecular weight is 345 g/mol. The summed E-state index contributed by atoms with van der Waals surface area (Å²) in [7, 11) is 0. The van der Waals surface area contributed by atoms with Gasteiger partial charge < -0.3 is 15.0 Å². The fourth-order valence-corrected chi connectivity index (χ4v) is 3.19. The fraction of sp³-hybridized carbons (Fsp3) is 0. The molecule has 0 unspecified atom stereocenters. The van der Waals surface area contributed by atoms with Crippen molar-refractivity contribution < 1.29 is 9.26 Å². The Bertz CT molecular complexity index is 981. The Morgan fingerprint density at radius 1 is 1.17 bits per heavy atom. The first-order valence-electron chi connectivity index (χ1n) is 6.59. The highest BCUT2D eigenvalue weighted by molar-refractivity contribution is 7.22. The van der Waals surface area contributed by atoms with E-state index in [1.165, 1.54) is 11.3 Å². The lowest BCUT2D eigenvalue weighted by Crippen LogP contribution is -1.85. The third kappa shape index (κ3) is 2.71. The van der Waals surface area contributed by atoms with E-state index < -0.39 is 0 Å². The summed E-state index contributed by atoms with van der Waals surface area (Å²) in [6.45, 7) is 0. The standard InChI is InChI=1S/C15H9ClN4O2S/c16-8-1-3-9(4-2-8)21-11-6-18-7-13-10(11)5-12(23-13)14-19-15(17)22-20-14/h1-7H,(H2,17,19,20). The maximum atomic E-state index is 5.90. The Hall–Kier alpha value is -2.64. The van der Waals surface area contributed by atoms with Crippen molar-refractivity contribution in [3.63, 3.8) is 0 Å². The lowest BCUT2D eigenvalue weighted by Gasteiger charge is -2.06. The molecule has 1 aromatic carbocycles. The van der Waals surface area contributed by atoms with Crippen molar-refractivity contribution >= 4 is 39.0 Å². The number of nitrogens with two attached hydrogens (primary N) is 1. The predicted molar refractivity (Wildman–Crippen MR) is 88.9 cm³/mol. The van der Waals surface area contributed by atoms with Gasteiger partial charge in [0.25, 0.3) is 0 Å².